The van der Waals surface area contributed by atoms with Gasteiger partial charge in [-0.15, -0.1) is 0 Å². The number of carboxylic acid groups (broad SMARTS) is 1. The molecule has 1 rings (SSSR count). The van der Waals surface area contributed by atoms with Gasteiger partial charge in [-0.25, -0.2) is 4.79 Å². The van der Waals surface area contributed by atoms with Crippen LogP contribution in [0.25, 0.3) is 0 Å². The topological polar surface area (TPSA) is 144 Å². The monoisotopic (exact) mass is 226 g/mol. The second-order valence-corrected chi connectivity index (χ2v) is 2.55. The van der Waals surface area contributed by atoms with E-state index < -0.39 is 17.8 Å². The van der Waals surface area contributed by atoms with Crippen LogP contribution in [0.4, 0.5) is 0 Å². The van der Waals surface area contributed by atoms with Crippen LogP contribution in [0, 0.1) is 0 Å². The molecule has 1 aromatic carbocycles. The van der Waals surface area contributed by atoms with Crippen molar-refractivity contribution in [2.75, 3.05) is 0 Å². The quantitative estimate of drug-likeness (QED) is 0.456. The molecule has 16 heavy (non-hydrogen) atoms. The van der Waals surface area contributed by atoms with Gasteiger partial charge in [-0.05, 0) is 12.1 Å². The van der Waals surface area contributed by atoms with Crippen LogP contribution in [0.15, 0.2) is 24.3 Å². The van der Waals surface area contributed by atoms with Gasteiger partial charge < -0.3 is 21.7 Å². The van der Waals surface area contributed by atoms with Gasteiger partial charge in [0.25, 0.3) is 0 Å². The zero-order valence-electron chi connectivity index (χ0n) is 8.08. The number of aromatic hydroxyl groups is 1. The lowest BCUT2D eigenvalue weighted by Gasteiger charge is -1.95. The molecule has 0 aromatic heterocycles. The average Bonchev–Trinajstić information content (AvgIpc) is 2.18. The number of amides is 2. The number of para-hydroxylation sites is 1. The van der Waals surface area contributed by atoms with E-state index in [1.54, 1.807) is 12.1 Å². The van der Waals surface area contributed by atoms with Crippen molar-refractivity contribution in [3.63, 3.8) is 0 Å². The highest BCUT2D eigenvalue weighted by Gasteiger charge is 2.05. The van der Waals surface area contributed by atoms with E-state index in [4.69, 9.17) is 10.2 Å². The van der Waals surface area contributed by atoms with E-state index in [1.165, 1.54) is 12.1 Å². The molecule has 6 N–H and O–H groups in total. The Kier molecular flexibility index (Phi) is 5.05. The Morgan fingerprint density at radius 2 is 1.44 bits per heavy atom. The SMILES string of the molecule is NC(=O)C(N)=O.O=C(O)c1ccccc1O. The van der Waals surface area contributed by atoms with Crippen LogP contribution in [-0.4, -0.2) is 28.0 Å². The van der Waals surface area contributed by atoms with E-state index in [0.29, 0.717) is 0 Å². The predicted octanol–water partition coefficient (Wildman–Crippen LogP) is -0.953. The molecule has 86 valence electrons. The minimum Gasteiger partial charge on any atom is -0.507 e. The van der Waals surface area contributed by atoms with Gasteiger partial charge >= 0.3 is 17.8 Å². The number of hydrogen-bond acceptors (Lipinski definition) is 4. The fourth-order valence-corrected chi connectivity index (χ4v) is 0.654. The van der Waals surface area contributed by atoms with Crippen LogP contribution >= 0.6 is 0 Å². The maximum absolute atomic E-state index is 10.3. The molecule has 0 heterocycles. The zero-order valence-corrected chi connectivity index (χ0v) is 8.08. The summed E-state index contributed by atoms with van der Waals surface area (Å²) in [5.41, 5.74) is 8.58. The highest BCUT2D eigenvalue weighted by Crippen LogP contribution is 2.14. The summed E-state index contributed by atoms with van der Waals surface area (Å²) in [6.45, 7) is 0. The van der Waals surface area contributed by atoms with E-state index in [9.17, 15) is 14.4 Å². The Morgan fingerprint density at radius 1 is 1.00 bits per heavy atom. The predicted molar refractivity (Wildman–Crippen MR) is 53.5 cm³/mol. The molecular weight excluding hydrogens is 216 g/mol. The Hall–Kier alpha value is -2.57. The second-order valence-electron chi connectivity index (χ2n) is 2.55. The largest absolute Gasteiger partial charge is 0.507 e. The number of benzene rings is 1. The van der Waals surface area contributed by atoms with Gasteiger partial charge in [0.1, 0.15) is 11.3 Å². The second kappa shape index (κ2) is 6.02. The van der Waals surface area contributed by atoms with Gasteiger partial charge in [-0.3, -0.25) is 9.59 Å². The molecule has 0 aliphatic heterocycles. The molecule has 0 saturated heterocycles. The van der Waals surface area contributed by atoms with Crippen molar-refractivity contribution in [2.24, 2.45) is 11.5 Å². The lowest BCUT2D eigenvalue weighted by atomic mass is 10.2. The zero-order chi connectivity index (χ0) is 12.7. The molecule has 0 bridgehead atoms. The smallest absolute Gasteiger partial charge is 0.339 e. The van der Waals surface area contributed by atoms with Gasteiger partial charge in [0.15, 0.2) is 0 Å². The first-order valence-electron chi connectivity index (χ1n) is 3.96. The van der Waals surface area contributed by atoms with E-state index >= 15 is 0 Å². The summed E-state index contributed by atoms with van der Waals surface area (Å²) in [5, 5.41) is 17.3. The van der Waals surface area contributed by atoms with Gasteiger partial charge in [0, 0.05) is 0 Å². The van der Waals surface area contributed by atoms with Crippen molar-refractivity contribution in [3.05, 3.63) is 29.8 Å². The number of carbonyl (C=O) groups excluding carboxylic acids is 2. The van der Waals surface area contributed by atoms with Crippen LogP contribution in [0.5, 0.6) is 5.75 Å². The third-order valence-electron chi connectivity index (χ3n) is 1.38. The molecule has 0 aliphatic carbocycles. The van der Waals surface area contributed by atoms with Crippen LogP contribution in [0.1, 0.15) is 10.4 Å². The van der Waals surface area contributed by atoms with Gasteiger partial charge in [-0.1, -0.05) is 12.1 Å². The maximum atomic E-state index is 10.3. The van der Waals surface area contributed by atoms with Crippen LogP contribution in [0.3, 0.4) is 0 Å². The van der Waals surface area contributed by atoms with E-state index in [1.807, 2.05) is 0 Å². The van der Waals surface area contributed by atoms with Crippen molar-refractivity contribution in [3.8, 4) is 5.75 Å². The Balaban J connectivity index is 0.000000325. The molecule has 7 heteroatoms. The lowest BCUT2D eigenvalue weighted by Crippen LogP contribution is -2.29. The summed E-state index contributed by atoms with van der Waals surface area (Å²) in [5.74, 6) is -3.52. The van der Waals surface area contributed by atoms with E-state index in [-0.39, 0.29) is 11.3 Å². The van der Waals surface area contributed by atoms with Crippen LogP contribution in [-0.2, 0) is 9.59 Å². The number of primary amides is 2. The summed E-state index contributed by atoms with van der Waals surface area (Å²) in [6, 6.07) is 5.81. The molecular formula is C9H10N2O5. The molecule has 0 spiro atoms. The minimum atomic E-state index is -1.11. The molecule has 0 unspecified atom stereocenters. The first-order chi connectivity index (χ1) is 7.36. The normalized spacial score (nSPS) is 8.50. The molecule has 7 nitrogen and oxygen atoms in total. The van der Waals surface area contributed by atoms with Gasteiger partial charge in [-0.2, -0.15) is 0 Å². The van der Waals surface area contributed by atoms with E-state index in [0.717, 1.165) is 0 Å². The standard InChI is InChI=1S/C7H6O3.C2H4N2O2/c8-6-4-2-1-3-5(6)7(9)10;3-1(5)2(4)6/h1-4,8H,(H,9,10);(H2,3,5)(H2,4,6). The highest BCUT2D eigenvalue weighted by atomic mass is 16.4. The lowest BCUT2D eigenvalue weighted by molar-refractivity contribution is -0.135. The van der Waals surface area contributed by atoms with Crippen molar-refractivity contribution >= 4 is 17.8 Å². The fraction of sp³-hybridized carbons (Fsp3) is 0. The minimum absolute atomic E-state index is 0.0671. The third-order valence-corrected chi connectivity index (χ3v) is 1.38. The van der Waals surface area contributed by atoms with Gasteiger partial charge in [0.2, 0.25) is 0 Å². The van der Waals surface area contributed by atoms with Crippen molar-refractivity contribution < 1.29 is 24.6 Å². The Bertz CT molecular complexity index is 404. The molecule has 0 atom stereocenters. The fourth-order valence-electron chi connectivity index (χ4n) is 0.654. The number of carboxylic acids is 1. The number of nitrogens with two attached hydrogens (primary N) is 2. The summed E-state index contributed by atoms with van der Waals surface area (Å²) in [4.78, 5) is 29.2. The van der Waals surface area contributed by atoms with Crippen LogP contribution in [0.2, 0.25) is 0 Å². The van der Waals surface area contributed by atoms with Crippen molar-refractivity contribution in [2.45, 2.75) is 0 Å². The molecule has 0 aliphatic rings. The average molecular weight is 226 g/mol. The third kappa shape index (κ3) is 4.61. The molecule has 2 amide bonds. The molecule has 0 radical (unpaired) electrons. The maximum Gasteiger partial charge on any atom is 0.339 e. The van der Waals surface area contributed by atoms with Gasteiger partial charge in [0.05, 0.1) is 0 Å². The van der Waals surface area contributed by atoms with Crippen molar-refractivity contribution in [1.29, 1.82) is 0 Å². The van der Waals surface area contributed by atoms with E-state index in [2.05, 4.69) is 11.5 Å². The number of phenols is 1. The van der Waals surface area contributed by atoms with Crippen molar-refractivity contribution in [1.82, 2.24) is 0 Å². The number of rotatable bonds is 1. The summed E-state index contributed by atoms with van der Waals surface area (Å²) in [6.07, 6.45) is 0. The molecule has 0 saturated carbocycles. The molecule has 1 aromatic rings. The summed E-state index contributed by atoms with van der Waals surface area (Å²) < 4.78 is 0. The number of hydrogen-bond donors (Lipinski definition) is 4. The highest BCUT2D eigenvalue weighted by molar-refractivity contribution is 6.33. The first kappa shape index (κ1) is 13.4. The number of aromatic carboxylic acids is 1. The summed E-state index contributed by atoms with van der Waals surface area (Å²) in [7, 11) is 0. The van der Waals surface area contributed by atoms with Crippen LogP contribution < -0.4 is 11.5 Å². The molecule has 0 fully saturated rings. The summed E-state index contributed by atoms with van der Waals surface area (Å²) >= 11 is 0. The first-order valence-corrected chi connectivity index (χ1v) is 3.96. The Labute approximate surface area is 90.3 Å². The Morgan fingerprint density at radius 3 is 1.69 bits per heavy atom. The number of carbonyl (C=O) groups is 3.